The van der Waals surface area contributed by atoms with E-state index in [1.54, 1.807) is 13.0 Å². The van der Waals surface area contributed by atoms with Gasteiger partial charge in [0.25, 0.3) is 11.6 Å². The Kier molecular flexibility index (Phi) is 4.21. The summed E-state index contributed by atoms with van der Waals surface area (Å²) < 4.78 is 1.19. The van der Waals surface area contributed by atoms with E-state index in [2.05, 4.69) is 40.3 Å². The first-order valence-corrected chi connectivity index (χ1v) is 7.80. The van der Waals surface area contributed by atoms with E-state index in [9.17, 15) is 4.79 Å². The van der Waals surface area contributed by atoms with Crippen molar-refractivity contribution in [1.29, 1.82) is 0 Å². The molecule has 26 heavy (non-hydrogen) atoms. The third kappa shape index (κ3) is 3.02. The molecule has 0 atom stereocenters. The fraction of sp³-hybridized carbons (Fsp3) is 0.312. The molecule has 10 nitrogen and oxygen atoms in total. The summed E-state index contributed by atoms with van der Waals surface area (Å²) in [5.41, 5.74) is 0.842. The number of azo groups is 1. The molecule has 2 N–H and O–H groups in total. The number of rotatable bonds is 3. The quantitative estimate of drug-likeness (QED) is 0.555. The molecule has 0 bridgehead atoms. The zero-order chi connectivity index (χ0) is 18.9. The molecule has 0 aliphatic rings. The molecular formula is C16H17N9O. The standard InChI is InChI=1S/C16H17N9O/c1-9-10(14(26)25(24-9)15-18-7-6-8-19-15)20-22-13-11(17-5)12(21-23-13)16(2,3)4/h6-8,24H,1-4H3,(H,21,23). The van der Waals surface area contributed by atoms with Crippen LogP contribution in [0.4, 0.5) is 17.2 Å². The first kappa shape index (κ1) is 17.2. The van der Waals surface area contributed by atoms with Gasteiger partial charge < -0.3 is 0 Å². The van der Waals surface area contributed by atoms with Gasteiger partial charge in [-0.05, 0) is 18.4 Å². The average Bonchev–Trinajstić information content (AvgIpc) is 3.14. The number of aromatic nitrogens is 6. The Balaban J connectivity index is 2.01. The summed E-state index contributed by atoms with van der Waals surface area (Å²) in [6.07, 6.45) is 3.07. The van der Waals surface area contributed by atoms with E-state index in [1.807, 2.05) is 20.8 Å². The Morgan fingerprint density at radius 1 is 1.23 bits per heavy atom. The normalized spacial score (nSPS) is 11.8. The van der Waals surface area contributed by atoms with Crippen molar-refractivity contribution in [3.63, 3.8) is 0 Å². The molecule has 3 rings (SSSR count). The Morgan fingerprint density at radius 2 is 1.92 bits per heavy atom. The van der Waals surface area contributed by atoms with Crippen LogP contribution >= 0.6 is 0 Å². The highest BCUT2D eigenvalue weighted by Gasteiger charge is 2.24. The molecule has 0 saturated heterocycles. The number of nitrogens with one attached hydrogen (secondary N) is 2. The smallest absolute Gasteiger partial charge is 0.291 e. The first-order chi connectivity index (χ1) is 12.3. The lowest BCUT2D eigenvalue weighted by Crippen LogP contribution is -2.16. The average molecular weight is 351 g/mol. The van der Waals surface area contributed by atoms with Gasteiger partial charge in [-0.15, -0.1) is 10.2 Å². The summed E-state index contributed by atoms with van der Waals surface area (Å²) in [5.74, 6) is 0.353. The van der Waals surface area contributed by atoms with Crippen LogP contribution in [0.5, 0.6) is 0 Å². The third-order valence-corrected chi connectivity index (χ3v) is 3.62. The van der Waals surface area contributed by atoms with E-state index >= 15 is 0 Å². The van der Waals surface area contributed by atoms with Crippen LogP contribution in [0.3, 0.4) is 0 Å². The lowest BCUT2D eigenvalue weighted by atomic mass is 9.91. The fourth-order valence-electron chi connectivity index (χ4n) is 2.33. The van der Waals surface area contributed by atoms with Gasteiger partial charge in [-0.25, -0.2) is 14.8 Å². The van der Waals surface area contributed by atoms with Crippen molar-refractivity contribution in [2.24, 2.45) is 10.2 Å². The second kappa shape index (κ2) is 6.36. The predicted molar refractivity (Wildman–Crippen MR) is 94.4 cm³/mol. The van der Waals surface area contributed by atoms with Crippen LogP contribution < -0.4 is 5.56 Å². The summed E-state index contributed by atoms with van der Waals surface area (Å²) in [6, 6.07) is 1.65. The van der Waals surface area contributed by atoms with Crippen molar-refractivity contribution in [3.05, 3.63) is 51.6 Å². The SMILES string of the molecule is [C-]#[N+]c1c(N=Nc2c(C)[nH]n(-c3ncccn3)c2=O)n[nH]c1C(C)(C)C. The van der Waals surface area contributed by atoms with Crippen molar-refractivity contribution in [2.75, 3.05) is 0 Å². The van der Waals surface area contributed by atoms with E-state index in [-0.39, 0.29) is 22.9 Å². The molecule has 0 amide bonds. The lowest BCUT2D eigenvalue weighted by molar-refractivity contribution is 0.569. The predicted octanol–water partition coefficient (Wildman–Crippen LogP) is 3.25. The van der Waals surface area contributed by atoms with Gasteiger partial charge in [0.05, 0.1) is 12.3 Å². The van der Waals surface area contributed by atoms with E-state index < -0.39 is 5.56 Å². The van der Waals surface area contributed by atoms with Gasteiger partial charge in [-0.3, -0.25) is 15.0 Å². The van der Waals surface area contributed by atoms with Gasteiger partial charge in [0, 0.05) is 18.1 Å². The number of nitrogens with zero attached hydrogens (tertiary/aromatic N) is 7. The van der Waals surface area contributed by atoms with Crippen LogP contribution in [0, 0.1) is 13.5 Å². The molecule has 0 fully saturated rings. The van der Waals surface area contributed by atoms with E-state index in [0.717, 1.165) is 0 Å². The highest BCUT2D eigenvalue weighted by Crippen LogP contribution is 2.37. The highest BCUT2D eigenvalue weighted by atomic mass is 16.1. The molecule has 0 aliphatic carbocycles. The van der Waals surface area contributed by atoms with Crippen molar-refractivity contribution in [3.8, 4) is 5.95 Å². The zero-order valence-corrected chi connectivity index (χ0v) is 14.8. The molecule has 0 unspecified atom stereocenters. The van der Waals surface area contributed by atoms with Gasteiger partial charge in [-0.1, -0.05) is 20.8 Å². The van der Waals surface area contributed by atoms with Crippen molar-refractivity contribution in [1.82, 2.24) is 29.9 Å². The van der Waals surface area contributed by atoms with Gasteiger partial charge >= 0.3 is 5.56 Å². The molecule has 0 aliphatic heterocycles. The maximum atomic E-state index is 12.5. The Hall–Kier alpha value is -3.61. The summed E-state index contributed by atoms with van der Waals surface area (Å²) in [7, 11) is 0. The minimum Gasteiger partial charge on any atom is -0.291 e. The van der Waals surface area contributed by atoms with E-state index in [0.29, 0.717) is 17.1 Å². The van der Waals surface area contributed by atoms with Crippen LogP contribution in [-0.2, 0) is 5.41 Å². The summed E-state index contributed by atoms with van der Waals surface area (Å²) in [6.45, 7) is 15.0. The Morgan fingerprint density at radius 3 is 2.54 bits per heavy atom. The molecule has 3 aromatic heterocycles. The van der Waals surface area contributed by atoms with Crippen LogP contribution in [0.1, 0.15) is 32.2 Å². The second-order valence-electron chi connectivity index (χ2n) is 6.61. The molecular weight excluding hydrogens is 334 g/mol. The monoisotopic (exact) mass is 351 g/mol. The van der Waals surface area contributed by atoms with Gasteiger partial charge in [0.15, 0.2) is 5.69 Å². The van der Waals surface area contributed by atoms with Gasteiger partial charge in [-0.2, -0.15) is 9.78 Å². The fourth-order valence-corrected chi connectivity index (χ4v) is 2.33. The summed E-state index contributed by atoms with van der Waals surface area (Å²) in [4.78, 5) is 24.1. The van der Waals surface area contributed by atoms with Crippen LogP contribution in [0.25, 0.3) is 10.8 Å². The Labute approximate surface area is 148 Å². The van der Waals surface area contributed by atoms with Crippen molar-refractivity contribution < 1.29 is 0 Å². The molecule has 0 spiro atoms. The maximum absolute atomic E-state index is 12.5. The maximum Gasteiger partial charge on any atom is 0.301 e. The molecule has 10 heteroatoms. The molecule has 0 radical (unpaired) electrons. The molecule has 132 valence electrons. The lowest BCUT2D eigenvalue weighted by Gasteiger charge is -2.16. The van der Waals surface area contributed by atoms with Crippen LogP contribution in [0.2, 0.25) is 0 Å². The number of aryl methyl sites for hydroxylation is 1. The van der Waals surface area contributed by atoms with Gasteiger partial charge in [0.2, 0.25) is 5.82 Å². The van der Waals surface area contributed by atoms with Crippen LogP contribution in [-0.4, -0.2) is 29.9 Å². The largest absolute Gasteiger partial charge is 0.301 e. The topological polar surface area (TPSA) is 121 Å². The first-order valence-electron chi connectivity index (χ1n) is 7.80. The highest BCUT2D eigenvalue weighted by molar-refractivity contribution is 5.66. The van der Waals surface area contributed by atoms with E-state index in [4.69, 9.17) is 6.57 Å². The van der Waals surface area contributed by atoms with Crippen molar-refractivity contribution in [2.45, 2.75) is 33.1 Å². The zero-order valence-electron chi connectivity index (χ0n) is 14.8. The minimum atomic E-state index is -0.437. The molecule has 3 aromatic rings. The molecule has 3 heterocycles. The Bertz CT molecular complexity index is 1060. The van der Waals surface area contributed by atoms with Crippen LogP contribution in [0.15, 0.2) is 33.5 Å². The second-order valence-corrected chi connectivity index (χ2v) is 6.61. The van der Waals surface area contributed by atoms with Gasteiger partial charge in [0.1, 0.15) is 0 Å². The summed E-state index contributed by atoms with van der Waals surface area (Å²) >= 11 is 0. The third-order valence-electron chi connectivity index (χ3n) is 3.62. The number of aromatic amines is 2. The number of H-pyrrole nitrogens is 2. The molecule has 0 saturated carbocycles. The minimum absolute atomic E-state index is 0.105. The van der Waals surface area contributed by atoms with E-state index in [1.165, 1.54) is 17.1 Å². The number of hydrogen-bond acceptors (Lipinski definition) is 6. The molecule has 0 aromatic carbocycles. The number of hydrogen-bond donors (Lipinski definition) is 2. The summed E-state index contributed by atoms with van der Waals surface area (Å²) in [5, 5.41) is 17.8. The van der Waals surface area contributed by atoms with Crippen molar-refractivity contribution >= 4 is 17.2 Å².